The summed E-state index contributed by atoms with van der Waals surface area (Å²) >= 11 is 0. The summed E-state index contributed by atoms with van der Waals surface area (Å²) in [7, 11) is 5.97. The molecule has 0 heterocycles. The fourth-order valence-corrected chi connectivity index (χ4v) is 11.1. The summed E-state index contributed by atoms with van der Waals surface area (Å²) in [6, 6.07) is 0. The van der Waals surface area contributed by atoms with E-state index in [-0.39, 0.29) is 32.2 Å². The molecular weight excluding hydrogens is 1080 g/mol. The highest BCUT2D eigenvalue weighted by molar-refractivity contribution is 5.71. The van der Waals surface area contributed by atoms with E-state index in [9.17, 15) is 19.5 Å². The Labute approximate surface area is 539 Å². The first-order valence-corrected chi connectivity index (χ1v) is 37.5. The highest BCUT2D eigenvalue weighted by Crippen LogP contribution is 2.19. The number of hydrogen-bond acceptors (Lipinski definition) is 7. The number of carboxylic acid groups (broad SMARTS) is 1. The Morgan fingerprint density at radius 1 is 0.356 bits per heavy atom. The molecule has 508 valence electrons. The maximum atomic E-state index is 12.9. The number of carboxylic acids is 1. The van der Waals surface area contributed by atoms with Crippen LogP contribution in [0.1, 0.15) is 361 Å². The number of hydrogen-bond donors (Lipinski definition) is 1. The number of quaternary nitrogens is 1. The second-order valence-electron chi connectivity index (χ2n) is 26.6. The number of carbonyl (C=O) groups is 3. The van der Waals surface area contributed by atoms with Gasteiger partial charge >= 0.3 is 17.9 Å². The number of carbonyl (C=O) groups excluding carboxylic acids is 2. The van der Waals surface area contributed by atoms with Crippen molar-refractivity contribution >= 4 is 17.9 Å². The predicted octanol–water partition coefficient (Wildman–Crippen LogP) is 23.5. The molecule has 0 rings (SSSR count). The minimum atomic E-state index is -1.52. The first-order valence-electron chi connectivity index (χ1n) is 37.5. The lowest BCUT2D eigenvalue weighted by Crippen LogP contribution is -2.40. The Kier molecular flexibility index (Phi) is 66.5. The van der Waals surface area contributed by atoms with Crippen LogP contribution in [0.15, 0.2) is 60.8 Å². The van der Waals surface area contributed by atoms with Gasteiger partial charge < -0.3 is 28.5 Å². The average Bonchev–Trinajstić information content (AvgIpc) is 3.57. The Bertz CT molecular complexity index is 1610. The third kappa shape index (κ3) is 70.3. The van der Waals surface area contributed by atoms with Gasteiger partial charge in [-0.05, 0) is 57.8 Å². The van der Waals surface area contributed by atoms with Crippen LogP contribution >= 0.6 is 0 Å². The maximum Gasteiger partial charge on any atom is 0.361 e. The second-order valence-corrected chi connectivity index (χ2v) is 26.6. The molecule has 87 heavy (non-hydrogen) atoms. The van der Waals surface area contributed by atoms with Crippen LogP contribution in [0.3, 0.4) is 0 Å². The molecule has 0 radical (unpaired) electrons. The molecule has 0 aliphatic heterocycles. The van der Waals surface area contributed by atoms with Crippen molar-refractivity contribution in [3.05, 3.63) is 60.8 Å². The van der Waals surface area contributed by atoms with Crippen molar-refractivity contribution in [2.45, 2.75) is 373 Å². The zero-order valence-corrected chi connectivity index (χ0v) is 58.2. The van der Waals surface area contributed by atoms with Crippen molar-refractivity contribution in [3.63, 3.8) is 0 Å². The topological polar surface area (TPSA) is 108 Å². The summed E-state index contributed by atoms with van der Waals surface area (Å²) in [6.07, 6.45) is 88.1. The number of aliphatic carboxylic acids is 1. The smallest absolute Gasteiger partial charge is 0.361 e. The molecule has 0 spiro atoms. The van der Waals surface area contributed by atoms with Crippen molar-refractivity contribution in [1.29, 1.82) is 0 Å². The first-order chi connectivity index (χ1) is 42.6. The SMILES string of the molecule is CC/C=C\C/C=C\C/C=C\C/C=C\C/C=C\CCCCCCCC(=O)OC(COC(=O)CCCCCCCCCCCCCCCCCCCCCCCCCCCCCCCCCCCCCCCCCCC)COC(OCC[N+](C)(C)C)C(=O)O. The number of ether oxygens (including phenoxy) is 4. The average molecular weight is 1220 g/mol. The maximum absolute atomic E-state index is 12.9. The first kappa shape index (κ1) is 84.0. The third-order valence-electron chi connectivity index (χ3n) is 16.8. The summed E-state index contributed by atoms with van der Waals surface area (Å²) in [5, 5.41) is 9.74. The molecule has 0 saturated heterocycles. The predicted molar refractivity (Wildman–Crippen MR) is 373 cm³/mol. The van der Waals surface area contributed by atoms with Crippen molar-refractivity contribution < 1.29 is 42.9 Å². The van der Waals surface area contributed by atoms with Crippen LogP contribution in [0, 0.1) is 0 Å². The zero-order valence-electron chi connectivity index (χ0n) is 58.2. The Hall–Kier alpha value is -3.01. The van der Waals surface area contributed by atoms with Gasteiger partial charge in [0.2, 0.25) is 0 Å². The molecule has 0 aromatic heterocycles. The molecule has 1 N–H and O–H groups in total. The molecule has 0 aliphatic carbocycles. The fourth-order valence-electron chi connectivity index (χ4n) is 11.1. The molecule has 0 aliphatic rings. The van der Waals surface area contributed by atoms with E-state index in [1.807, 2.05) is 21.1 Å². The van der Waals surface area contributed by atoms with Crippen molar-refractivity contribution in [3.8, 4) is 0 Å². The molecule has 0 aromatic rings. The van der Waals surface area contributed by atoms with Gasteiger partial charge in [-0.15, -0.1) is 0 Å². The standard InChI is InChI=1S/C78H143NO8/c1-6-8-10-12-14-16-18-20-22-24-26-28-29-30-31-32-33-34-35-36-37-38-39-40-41-42-43-44-45-46-47-49-50-52-54-56-58-60-62-64-66-68-75(80)85-72-74(73-86-78(77(82)83)84-71-70-79(3,4)5)87-76(81)69-67-65-63-61-59-57-55-53-51-48-27-25-23-21-19-17-15-13-11-9-7-2/h9,11,15,17,21,23,27,48,53,55,74,78H,6-8,10,12-14,16,18-20,22,24-26,28-47,49-52,54,56-73H2,1-5H3/p+1/b11-9-,17-15-,23-21-,48-27-,55-53-. The minimum Gasteiger partial charge on any atom is -0.477 e. The third-order valence-corrected chi connectivity index (χ3v) is 16.8. The van der Waals surface area contributed by atoms with Crippen LogP contribution in [0.5, 0.6) is 0 Å². The molecule has 9 nitrogen and oxygen atoms in total. The Morgan fingerprint density at radius 2 is 0.655 bits per heavy atom. The van der Waals surface area contributed by atoms with E-state index in [0.717, 1.165) is 83.5 Å². The van der Waals surface area contributed by atoms with Gasteiger partial charge in [0.25, 0.3) is 6.29 Å². The Balaban J connectivity index is 3.94. The zero-order chi connectivity index (χ0) is 63.3. The fraction of sp³-hybridized carbons (Fsp3) is 0.833. The molecular formula is C78H144NO8+. The van der Waals surface area contributed by atoms with Gasteiger partial charge in [-0.3, -0.25) is 9.59 Å². The van der Waals surface area contributed by atoms with Crippen LogP contribution in [-0.4, -0.2) is 87.4 Å². The molecule has 9 heteroatoms. The van der Waals surface area contributed by atoms with E-state index < -0.39 is 24.3 Å². The molecule has 2 atom stereocenters. The van der Waals surface area contributed by atoms with E-state index >= 15 is 0 Å². The quantitative estimate of drug-likeness (QED) is 0.0211. The summed E-state index contributed by atoms with van der Waals surface area (Å²) in [4.78, 5) is 37.6. The largest absolute Gasteiger partial charge is 0.477 e. The summed E-state index contributed by atoms with van der Waals surface area (Å²) in [6.45, 7) is 4.79. The number of unbranched alkanes of at least 4 members (excludes halogenated alkanes) is 45. The van der Waals surface area contributed by atoms with Gasteiger partial charge in [0.1, 0.15) is 13.2 Å². The number of allylic oxidation sites excluding steroid dienone is 10. The van der Waals surface area contributed by atoms with Gasteiger partial charge in [-0.25, -0.2) is 4.79 Å². The molecule has 0 saturated carbocycles. The van der Waals surface area contributed by atoms with Crippen LogP contribution in [0.2, 0.25) is 0 Å². The van der Waals surface area contributed by atoms with Crippen LogP contribution in [0.4, 0.5) is 0 Å². The number of likely N-dealkylation sites (N-methyl/N-ethyl adjacent to an activating group) is 1. The van der Waals surface area contributed by atoms with Crippen molar-refractivity contribution in [1.82, 2.24) is 0 Å². The molecule has 0 bridgehead atoms. The lowest BCUT2D eigenvalue weighted by molar-refractivity contribution is -0.870. The summed E-state index contributed by atoms with van der Waals surface area (Å²) < 4.78 is 23.0. The second kappa shape index (κ2) is 68.9. The van der Waals surface area contributed by atoms with Gasteiger partial charge in [-0.1, -0.05) is 351 Å². The minimum absolute atomic E-state index is 0.183. The van der Waals surface area contributed by atoms with Crippen molar-refractivity contribution in [2.75, 3.05) is 47.5 Å². The van der Waals surface area contributed by atoms with Gasteiger partial charge in [0.05, 0.1) is 34.4 Å². The summed E-state index contributed by atoms with van der Waals surface area (Å²) in [5.74, 6) is -2.02. The lowest BCUT2D eigenvalue weighted by atomic mass is 10.0. The van der Waals surface area contributed by atoms with Crippen LogP contribution in [-0.2, 0) is 33.3 Å². The molecule has 0 fully saturated rings. The summed E-state index contributed by atoms with van der Waals surface area (Å²) in [5.41, 5.74) is 0. The molecule has 0 amide bonds. The van der Waals surface area contributed by atoms with Crippen LogP contribution in [0.25, 0.3) is 0 Å². The monoisotopic (exact) mass is 1220 g/mol. The highest BCUT2D eigenvalue weighted by atomic mass is 16.7. The number of rotatable bonds is 70. The van der Waals surface area contributed by atoms with E-state index in [1.54, 1.807) is 0 Å². The molecule has 0 aromatic carbocycles. The Morgan fingerprint density at radius 3 is 0.977 bits per heavy atom. The van der Waals surface area contributed by atoms with E-state index in [2.05, 4.69) is 74.6 Å². The van der Waals surface area contributed by atoms with Crippen LogP contribution < -0.4 is 0 Å². The normalized spacial score (nSPS) is 13.0. The molecule has 2 unspecified atom stereocenters. The van der Waals surface area contributed by atoms with Gasteiger partial charge in [0.15, 0.2) is 6.10 Å². The number of nitrogens with zero attached hydrogens (tertiary/aromatic N) is 1. The highest BCUT2D eigenvalue weighted by Gasteiger charge is 2.25. The van der Waals surface area contributed by atoms with E-state index in [0.29, 0.717) is 23.9 Å². The van der Waals surface area contributed by atoms with E-state index in [4.69, 9.17) is 18.9 Å². The lowest BCUT2D eigenvalue weighted by Gasteiger charge is -2.25. The van der Waals surface area contributed by atoms with Gasteiger partial charge in [0, 0.05) is 12.8 Å². The van der Waals surface area contributed by atoms with Crippen molar-refractivity contribution in [2.24, 2.45) is 0 Å². The van der Waals surface area contributed by atoms with E-state index in [1.165, 1.54) is 244 Å². The number of esters is 2. The van der Waals surface area contributed by atoms with Gasteiger partial charge in [-0.2, -0.15) is 0 Å².